The molecule has 8 nitrogen and oxygen atoms in total. The third kappa shape index (κ3) is 3.50. The maximum atomic E-state index is 5.81. The molecule has 1 aliphatic heterocycles. The van der Waals surface area contributed by atoms with Crippen molar-refractivity contribution in [3.05, 3.63) is 48.7 Å². The second-order valence-corrected chi connectivity index (χ2v) is 5.68. The molecule has 4 rings (SSSR count). The Morgan fingerprint density at radius 1 is 1.21 bits per heavy atom. The molecule has 0 aromatic carbocycles. The first-order chi connectivity index (χ1) is 11.9. The zero-order valence-corrected chi connectivity index (χ0v) is 13.2. The molecule has 0 amide bonds. The quantitative estimate of drug-likeness (QED) is 0.697. The lowest BCUT2D eigenvalue weighted by Gasteiger charge is -2.31. The standard InChI is InChI=1S/C16H18N6O2/c1-2-5-17-14(4-1)16-19-15(24-20-16)12-21-8-9-23-13(10-21)11-22-7-3-6-18-22/h1-7,13H,8-12H2. The SMILES string of the molecule is c1ccc(-c2noc(CN3CCOC(Cn4cccn4)C3)n2)nc1. The molecule has 3 aromatic rings. The van der Waals surface area contributed by atoms with Gasteiger partial charge in [-0.3, -0.25) is 14.6 Å². The van der Waals surface area contributed by atoms with Gasteiger partial charge in [0.25, 0.3) is 0 Å². The maximum absolute atomic E-state index is 5.81. The molecular formula is C16H18N6O2. The van der Waals surface area contributed by atoms with Gasteiger partial charge in [0.1, 0.15) is 5.69 Å². The molecule has 0 spiro atoms. The predicted molar refractivity (Wildman–Crippen MR) is 84.8 cm³/mol. The fourth-order valence-corrected chi connectivity index (χ4v) is 2.76. The van der Waals surface area contributed by atoms with E-state index in [0.29, 0.717) is 30.6 Å². The van der Waals surface area contributed by atoms with E-state index in [2.05, 4.69) is 25.1 Å². The number of nitrogens with zero attached hydrogens (tertiary/aromatic N) is 6. The molecule has 24 heavy (non-hydrogen) atoms. The highest BCUT2D eigenvalue weighted by molar-refractivity contribution is 5.46. The molecule has 1 fully saturated rings. The molecule has 0 radical (unpaired) electrons. The van der Waals surface area contributed by atoms with Gasteiger partial charge in [0.2, 0.25) is 11.7 Å². The fraction of sp³-hybridized carbons (Fsp3) is 0.375. The number of ether oxygens (including phenoxy) is 1. The van der Waals surface area contributed by atoms with Crippen LogP contribution in [0.25, 0.3) is 11.5 Å². The van der Waals surface area contributed by atoms with Gasteiger partial charge in [-0.05, 0) is 18.2 Å². The Labute approximate surface area is 139 Å². The van der Waals surface area contributed by atoms with Crippen LogP contribution in [0.2, 0.25) is 0 Å². The molecule has 3 aromatic heterocycles. The number of aromatic nitrogens is 5. The minimum Gasteiger partial charge on any atom is -0.374 e. The summed E-state index contributed by atoms with van der Waals surface area (Å²) in [7, 11) is 0. The van der Waals surface area contributed by atoms with Gasteiger partial charge >= 0.3 is 0 Å². The van der Waals surface area contributed by atoms with E-state index in [4.69, 9.17) is 9.26 Å². The summed E-state index contributed by atoms with van der Waals surface area (Å²) in [4.78, 5) is 10.9. The van der Waals surface area contributed by atoms with E-state index in [1.165, 1.54) is 0 Å². The topological polar surface area (TPSA) is 82.1 Å². The second-order valence-electron chi connectivity index (χ2n) is 5.68. The summed E-state index contributed by atoms with van der Waals surface area (Å²) in [5.41, 5.74) is 0.714. The van der Waals surface area contributed by atoms with Crippen LogP contribution >= 0.6 is 0 Å². The van der Waals surface area contributed by atoms with Crippen LogP contribution < -0.4 is 0 Å². The third-order valence-electron chi connectivity index (χ3n) is 3.89. The van der Waals surface area contributed by atoms with Crippen molar-refractivity contribution in [3.8, 4) is 11.5 Å². The van der Waals surface area contributed by atoms with Crippen LogP contribution in [0.15, 0.2) is 47.4 Å². The van der Waals surface area contributed by atoms with Crippen molar-refractivity contribution in [2.24, 2.45) is 0 Å². The van der Waals surface area contributed by atoms with E-state index in [1.54, 1.807) is 12.4 Å². The molecule has 0 saturated carbocycles. The first kappa shape index (κ1) is 15.0. The summed E-state index contributed by atoms with van der Waals surface area (Å²) >= 11 is 0. The van der Waals surface area contributed by atoms with E-state index in [0.717, 1.165) is 19.6 Å². The molecule has 0 aliphatic carbocycles. The number of pyridine rings is 1. The van der Waals surface area contributed by atoms with Gasteiger partial charge in [0.05, 0.1) is 25.8 Å². The van der Waals surface area contributed by atoms with Crippen molar-refractivity contribution in [2.45, 2.75) is 19.2 Å². The van der Waals surface area contributed by atoms with Gasteiger partial charge in [0.15, 0.2) is 0 Å². The Morgan fingerprint density at radius 2 is 2.21 bits per heavy atom. The van der Waals surface area contributed by atoms with Crippen LogP contribution in [0.3, 0.4) is 0 Å². The van der Waals surface area contributed by atoms with Crippen LogP contribution in [0.4, 0.5) is 0 Å². The van der Waals surface area contributed by atoms with Crippen molar-refractivity contribution in [1.29, 1.82) is 0 Å². The van der Waals surface area contributed by atoms with Crippen LogP contribution in [0.5, 0.6) is 0 Å². The molecule has 1 unspecified atom stereocenters. The van der Waals surface area contributed by atoms with Gasteiger partial charge in [-0.15, -0.1) is 0 Å². The molecule has 0 N–H and O–H groups in total. The molecule has 1 aliphatic rings. The molecule has 1 atom stereocenters. The minimum absolute atomic E-state index is 0.108. The Bertz CT molecular complexity index is 758. The van der Waals surface area contributed by atoms with E-state index >= 15 is 0 Å². The number of morpholine rings is 1. The van der Waals surface area contributed by atoms with Crippen molar-refractivity contribution >= 4 is 0 Å². The molecule has 4 heterocycles. The molecule has 124 valence electrons. The Balaban J connectivity index is 1.37. The monoisotopic (exact) mass is 326 g/mol. The zero-order valence-electron chi connectivity index (χ0n) is 13.2. The van der Waals surface area contributed by atoms with Gasteiger partial charge in [0, 0.05) is 31.7 Å². The Hall–Kier alpha value is -2.58. The summed E-state index contributed by atoms with van der Waals surface area (Å²) in [6, 6.07) is 7.54. The van der Waals surface area contributed by atoms with Gasteiger partial charge in [-0.1, -0.05) is 11.2 Å². The van der Waals surface area contributed by atoms with Crippen molar-refractivity contribution in [2.75, 3.05) is 19.7 Å². The van der Waals surface area contributed by atoms with Crippen LogP contribution in [0.1, 0.15) is 5.89 Å². The normalized spacial score (nSPS) is 18.8. The average Bonchev–Trinajstić information content (AvgIpc) is 3.28. The Kier molecular flexibility index (Phi) is 4.30. The summed E-state index contributed by atoms with van der Waals surface area (Å²) in [6.07, 6.45) is 5.54. The average molecular weight is 326 g/mol. The molecular weight excluding hydrogens is 308 g/mol. The van der Waals surface area contributed by atoms with Crippen LogP contribution in [-0.4, -0.2) is 55.6 Å². The largest absolute Gasteiger partial charge is 0.374 e. The first-order valence-corrected chi connectivity index (χ1v) is 7.92. The molecule has 8 heteroatoms. The van der Waals surface area contributed by atoms with Crippen LogP contribution in [0, 0.1) is 0 Å². The highest BCUT2D eigenvalue weighted by Crippen LogP contribution is 2.15. The molecule has 1 saturated heterocycles. The minimum atomic E-state index is 0.108. The summed E-state index contributed by atoms with van der Waals surface area (Å²) in [5.74, 6) is 1.11. The lowest BCUT2D eigenvalue weighted by Crippen LogP contribution is -2.43. The number of hydrogen-bond donors (Lipinski definition) is 0. The summed E-state index contributed by atoms with van der Waals surface area (Å²) in [6.45, 7) is 3.69. The first-order valence-electron chi connectivity index (χ1n) is 7.92. The highest BCUT2D eigenvalue weighted by atomic mass is 16.5. The maximum Gasteiger partial charge on any atom is 0.241 e. The lowest BCUT2D eigenvalue weighted by atomic mass is 10.2. The highest BCUT2D eigenvalue weighted by Gasteiger charge is 2.23. The lowest BCUT2D eigenvalue weighted by molar-refractivity contribution is -0.0426. The van der Waals surface area contributed by atoms with E-state index in [-0.39, 0.29) is 6.10 Å². The summed E-state index contributed by atoms with van der Waals surface area (Å²) in [5, 5.41) is 8.24. The predicted octanol–water partition coefficient (Wildman–Crippen LogP) is 1.23. The van der Waals surface area contributed by atoms with Crippen molar-refractivity contribution < 1.29 is 9.26 Å². The smallest absolute Gasteiger partial charge is 0.241 e. The van der Waals surface area contributed by atoms with Crippen molar-refractivity contribution in [1.82, 2.24) is 29.8 Å². The number of hydrogen-bond acceptors (Lipinski definition) is 7. The van der Waals surface area contributed by atoms with Gasteiger partial charge < -0.3 is 9.26 Å². The third-order valence-corrected chi connectivity index (χ3v) is 3.89. The summed E-state index contributed by atoms with van der Waals surface area (Å²) < 4.78 is 13.1. The zero-order chi connectivity index (χ0) is 16.2. The van der Waals surface area contributed by atoms with Gasteiger partial charge in [-0.25, -0.2) is 0 Å². The second kappa shape index (κ2) is 6.90. The molecule has 0 bridgehead atoms. The van der Waals surface area contributed by atoms with E-state index in [9.17, 15) is 0 Å². The fourth-order valence-electron chi connectivity index (χ4n) is 2.76. The van der Waals surface area contributed by atoms with Crippen molar-refractivity contribution in [3.63, 3.8) is 0 Å². The van der Waals surface area contributed by atoms with Crippen LogP contribution in [-0.2, 0) is 17.8 Å². The van der Waals surface area contributed by atoms with Gasteiger partial charge in [-0.2, -0.15) is 10.1 Å². The number of rotatable bonds is 5. The van der Waals surface area contributed by atoms with E-state index in [1.807, 2.05) is 35.1 Å². The van der Waals surface area contributed by atoms with E-state index < -0.39 is 0 Å². The Morgan fingerprint density at radius 3 is 3.04 bits per heavy atom.